The summed E-state index contributed by atoms with van der Waals surface area (Å²) in [6.45, 7) is 50.1. The molecule has 8 aliphatic heterocycles. The van der Waals surface area contributed by atoms with Gasteiger partial charge in [-0.2, -0.15) is 56.4 Å². The fourth-order valence-electron chi connectivity index (χ4n) is 12.4. The van der Waals surface area contributed by atoms with Crippen molar-refractivity contribution in [2.24, 2.45) is 47.3 Å². The van der Waals surface area contributed by atoms with Gasteiger partial charge in [0.2, 0.25) is 0 Å². The van der Waals surface area contributed by atoms with Crippen LogP contribution < -0.4 is 39.2 Å². The van der Waals surface area contributed by atoms with Crippen molar-refractivity contribution in [3.63, 3.8) is 0 Å². The second-order valence-corrected chi connectivity index (χ2v) is 24.4. The lowest BCUT2D eigenvalue weighted by Gasteiger charge is -2.12. The van der Waals surface area contributed by atoms with Gasteiger partial charge in [-0.1, -0.05) is 55.4 Å². The molecule has 0 aromatic carbocycles. The van der Waals surface area contributed by atoms with Gasteiger partial charge < -0.3 is 77.1 Å². The number of hydrogen-bond acceptors (Lipinski definition) is 8. The molecule has 0 aromatic heterocycles. The average molecular weight is 1100 g/mol. The van der Waals surface area contributed by atoms with Crippen molar-refractivity contribution in [3.8, 4) is 0 Å². The Morgan fingerprint density at radius 1 is 0.234 bits per heavy atom. The van der Waals surface area contributed by atoms with Gasteiger partial charge in [0.05, 0.1) is 105 Å². The summed E-state index contributed by atoms with van der Waals surface area (Å²) in [7, 11) is 36.9. The molecule has 0 saturated carbocycles. The topological polar surface area (TPSA) is 109 Å². The normalized spacial score (nSPS) is 41.6. The molecule has 8 N–H and O–H groups in total. The van der Waals surface area contributed by atoms with E-state index < -0.39 is 0 Å². The minimum atomic E-state index is 0.442. The molecule has 0 amide bonds. The zero-order valence-corrected chi connectivity index (χ0v) is 53.0. The van der Waals surface area contributed by atoms with E-state index in [1.54, 1.807) is 21.3 Å². The van der Waals surface area contributed by atoms with Crippen molar-refractivity contribution in [1.29, 1.82) is 0 Å². The Bertz CT molecular complexity index is 1210. The number of rotatable bonds is 13. The Kier molecular flexibility index (Phi) is 40.0. The number of nitrogens with one attached hydrogen (secondary N) is 8. The van der Waals surface area contributed by atoms with Crippen LogP contribution in [-0.2, 0) is 37.9 Å². The van der Waals surface area contributed by atoms with E-state index in [0.717, 1.165) is 138 Å². The summed E-state index contributed by atoms with van der Waals surface area (Å²) in [6, 6.07) is 0. The maximum absolute atomic E-state index is 5.52. The Morgan fingerprint density at radius 3 is 0.416 bits per heavy atom. The Balaban J connectivity index is 0.000000440. The second-order valence-electron chi connectivity index (χ2n) is 24.4. The molecular weight excluding hydrogens is 973 g/mol. The van der Waals surface area contributed by atoms with Crippen LogP contribution in [0.15, 0.2) is 0 Å². The van der Waals surface area contributed by atoms with Gasteiger partial charge in [-0.25, -0.2) is 0 Å². The standard InChI is InChI=1S/5C8H17NO.3C7H15NO/c5*1-4-10-8-6-9(3)5-7(8)2;3*1-6-4-8(2)5-7(6)9-3/h5*7-9H,3-6H2,1-2H3;3*6-8H,2,4-5H2,1,3H3/t7-,8+;4*7-,8-;6-,7+;2*6-,7-/m11110110/s1. The zero-order chi connectivity index (χ0) is 58.4. The smallest absolute Gasteiger partial charge is 0.112 e. The lowest BCUT2D eigenvalue weighted by molar-refractivity contribution is -0.842. The molecule has 8 saturated heterocycles. The number of methoxy groups -OCH3 is 3. The molecule has 0 bridgehead atoms. The van der Waals surface area contributed by atoms with Crippen LogP contribution in [0.3, 0.4) is 0 Å². The molecule has 16 nitrogen and oxygen atoms in total. The Hall–Kier alpha value is -0.640. The first-order valence-electron chi connectivity index (χ1n) is 30.4. The summed E-state index contributed by atoms with van der Waals surface area (Å²) in [5.41, 5.74) is 0. The minimum absolute atomic E-state index is 0.442. The maximum atomic E-state index is 5.52. The van der Waals surface area contributed by atoms with Crippen LogP contribution >= 0.6 is 0 Å². The van der Waals surface area contributed by atoms with Gasteiger partial charge in [-0.15, -0.1) is 0 Å². The van der Waals surface area contributed by atoms with E-state index in [9.17, 15) is 0 Å². The maximum Gasteiger partial charge on any atom is 0.112 e. The van der Waals surface area contributed by atoms with Crippen LogP contribution in [0.25, 0.3) is 0 Å². The van der Waals surface area contributed by atoms with Gasteiger partial charge in [-0.05, 0) is 34.6 Å². The Morgan fingerprint density at radius 2 is 0.351 bits per heavy atom. The summed E-state index contributed by atoms with van der Waals surface area (Å²) in [4.78, 5) is 10.8. The van der Waals surface area contributed by atoms with Crippen molar-refractivity contribution >= 4 is 0 Å². The predicted molar refractivity (Wildman–Crippen MR) is 311 cm³/mol. The van der Waals surface area contributed by atoms with Gasteiger partial charge >= 0.3 is 0 Å². The van der Waals surface area contributed by atoms with Crippen molar-refractivity contribution in [1.82, 2.24) is 0 Å². The quantitative estimate of drug-likeness (QED) is 0.0904. The number of ether oxygens (including phenoxy) is 8. The second kappa shape index (κ2) is 41.4. The molecule has 0 radical (unpaired) electrons. The largest absolute Gasteiger partial charge is 0.465 e. The third-order valence-corrected chi connectivity index (χ3v) is 16.7. The molecule has 8 rings (SSSR count). The molecule has 0 aliphatic carbocycles. The van der Waals surface area contributed by atoms with Crippen molar-refractivity contribution in [3.05, 3.63) is 56.4 Å². The number of quaternary nitrogens is 8. The predicted octanol–water partition coefficient (Wildman–Crippen LogP) is -3.43. The SMILES string of the molecule is [CH2-][NH+]1C[C@@H](C)[C@@H](OC)C1.[CH2-][NH+]1C[C@@H](C)[C@@H](OCC)C1.[CH2-][NH+]1C[C@@H](C)[C@H](OC)C1.[CH2-][NH+]1C[C@@H](C)[C@H](OCC)C1.[CH2-][NH+]1C[C@@H](C)[C@H](OCC)C1.[CH2-][NH+]1C[C@@H](C)[C@H](OCC)C1.[CH2-][NH+]1C[C@H](OC)[C@@H](C)C1.[CH2-][NH+]1C[C@H](OCC)[C@@H](C)C1. The molecule has 77 heavy (non-hydrogen) atoms. The van der Waals surface area contributed by atoms with Gasteiger partial charge in [-0.3, -0.25) is 0 Å². The average Bonchev–Trinajstić information content (AvgIpc) is 4.26. The van der Waals surface area contributed by atoms with E-state index in [0.29, 0.717) is 96.2 Å². The molecule has 8 fully saturated rings. The summed E-state index contributed by atoms with van der Waals surface area (Å²) >= 11 is 0. The summed E-state index contributed by atoms with van der Waals surface area (Å²) in [6.07, 6.45) is 3.61. The van der Waals surface area contributed by atoms with E-state index in [-0.39, 0.29) is 0 Å². The van der Waals surface area contributed by atoms with Gasteiger partial charge in [0.1, 0.15) is 48.8 Å². The monoisotopic (exact) mass is 1100 g/mol. The van der Waals surface area contributed by atoms with Crippen LogP contribution in [0.4, 0.5) is 0 Å². The third kappa shape index (κ3) is 30.0. The lowest BCUT2D eigenvalue weighted by Crippen LogP contribution is -3.05. The highest BCUT2D eigenvalue weighted by Gasteiger charge is 2.33. The first-order valence-corrected chi connectivity index (χ1v) is 30.4. The van der Waals surface area contributed by atoms with E-state index in [4.69, 9.17) is 37.9 Å². The first kappa shape index (κ1) is 74.4. The minimum Gasteiger partial charge on any atom is -0.465 e. The highest BCUT2D eigenvalue weighted by molar-refractivity contribution is 4.74. The van der Waals surface area contributed by atoms with Crippen LogP contribution in [-0.4, -0.2) is 208 Å². The first-order chi connectivity index (χ1) is 36.4. The van der Waals surface area contributed by atoms with E-state index >= 15 is 0 Å². The molecule has 8 aliphatic rings. The van der Waals surface area contributed by atoms with Gasteiger partial charge in [0.15, 0.2) is 0 Å². The summed E-state index contributed by atoms with van der Waals surface area (Å²) in [5.74, 6) is 5.49. The molecule has 8 heterocycles. The number of likely N-dealkylation sites (tertiary alicyclic amines) is 8. The third-order valence-electron chi connectivity index (χ3n) is 16.7. The number of hydrogen-bond donors (Lipinski definition) is 8. The van der Waals surface area contributed by atoms with Gasteiger partial charge in [0.25, 0.3) is 0 Å². The van der Waals surface area contributed by atoms with Crippen molar-refractivity contribution < 1.29 is 77.1 Å². The zero-order valence-electron chi connectivity index (χ0n) is 53.0. The van der Waals surface area contributed by atoms with Crippen LogP contribution in [0, 0.1) is 104 Å². The van der Waals surface area contributed by atoms with E-state index in [1.807, 2.05) is 34.6 Å². The van der Waals surface area contributed by atoms with Crippen LogP contribution in [0.2, 0.25) is 0 Å². The molecule has 0 aromatic rings. The molecule has 16 heteroatoms. The summed E-state index contributed by atoms with van der Waals surface area (Å²) in [5, 5.41) is 0. The van der Waals surface area contributed by atoms with E-state index in [1.165, 1.54) is 39.2 Å². The molecule has 462 valence electrons. The van der Waals surface area contributed by atoms with Gasteiger partial charge in [0, 0.05) is 102 Å². The fraction of sp³-hybridized carbons (Fsp3) is 0.869. The molecule has 0 spiro atoms. The highest BCUT2D eigenvalue weighted by atomic mass is 16.5. The van der Waals surface area contributed by atoms with E-state index in [2.05, 4.69) is 112 Å². The van der Waals surface area contributed by atoms with Crippen LogP contribution in [0.1, 0.15) is 90.0 Å². The van der Waals surface area contributed by atoms with Crippen molar-refractivity contribution in [2.45, 2.75) is 139 Å². The molecule has 24 atom stereocenters. The van der Waals surface area contributed by atoms with Crippen molar-refractivity contribution in [2.75, 3.05) is 159 Å². The fourth-order valence-corrected chi connectivity index (χ4v) is 12.4. The lowest BCUT2D eigenvalue weighted by atomic mass is 10.1. The summed E-state index contributed by atoms with van der Waals surface area (Å²) < 4.78 is 43.3. The molecule has 8 unspecified atom stereocenters. The highest BCUT2D eigenvalue weighted by Crippen LogP contribution is 2.12. The van der Waals surface area contributed by atoms with Crippen LogP contribution in [0.5, 0.6) is 0 Å². The molecular formula is C61H130N8O8. The Labute approximate surface area is 477 Å².